The molecular formula is C9H14N2OS. The molecule has 0 aliphatic carbocycles. The van der Waals surface area contributed by atoms with Crippen molar-refractivity contribution in [2.45, 2.75) is 26.8 Å². The van der Waals surface area contributed by atoms with Crippen LogP contribution in [0.3, 0.4) is 0 Å². The zero-order valence-corrected chi connectivity index (χ0v) is 8.84. The maximum atomic E-state index is 11.5. The van der Waals surface area contributed by atoms with E-state index in [1.807, 2.05) is 13.8 Å². The van der Waals surface area contributed by atoms with E-state index in [0.717, 1.165) is 23.7 Å². The second-order valence-corrected chi connectivity index (χ2v) is 3.46. The van der Waals surface area contributed by atoms with Crippen molar-refractivity contribution >= 4 is 12.6 Å². The third kappa shape index (κ3) is 2.59. The lowest BCUT2D eigenvalue weighted by atomic mass is 10.4. The van der Waals surface area contributed by atoms with Gasteiger partial charge in [0.05, 0.1) is 0 Å². The quantitative estimate of drug-likeness (QED) is 0.740. The van der Waals surface area contributed by atoms with Crippen LogP contribution in [-0.4, -0.2) is 15.3 Å². The van der Waals surface area contributed by atoms with E-state index in [9.17, 15) is 4.79 Å². The van der Waals surface area contributed by atoms with Crippen molar-refractivity contribution in [2.24, 2.45) is 0 Å². The lowest BCUT2D eigenvalue weighted by Gasteiger charge is -2.07. The average molecular weight is 198 g/mol. The standard InChI is InChI=1S/C9H14N2OS/c1-7-6-9(12)11(4-3-5-13)8(2)10-7/h6,13H,3-5H2,1-2H3. The highest BCUT2D eigenvalue weighted by atomic mass is 32.1. The molecule has 0 saturated heterocycles. The molecule has 4 heteroatoms. The first-order valence-electron chi connectivity index (χ1n) is 4.31. The molecule has 72 valence electrons. The Morgan fingerprint density at radius 1 is 1.54 bits per heavy atom. The molecule has 1 aromatic rings. The summed E-state index contributed by atoms with van der Waals surface area (Å²) in [6, 6.07) is 1.56. The van der Waals surface area contributed by atoms with E-state index in [1.54, 1.807) is 10.6 Å². The summed E-state index contributed by atoms with van der Waals surface area (Å²) in [5, 5.41) is 0. The first-order valence-corrected chi connectivity index (χ1v) is 4.94. The second kappa shape index (κ2) is 4.46. The molecule has 0 amide bonds. The number of aryl methyl sites for hydroxylation is 2. The van der Waals surface area contributed by atoms with Crippen LogP contribution in [0.1, 0.15) is 17.9 Å². The first kappa shape index (κ1) is 10.3. The summed E-state index contributed by atoms with van der Waals surface area (Å²) < 4.78 is 1.68. The predicted octanol–water partition coefficient (Wildman–Crippen LogP) is 1.18. The van der Waals surface area contributed by atoms with Crippen molar-refractivity contribution in [1.82, 2.24) is 9.55 Å². The summed E-state index contributed by atoms with van der Waals surface area (Å²) in [5.74, 6) is 1.58. The summed E-state index contributed by atoms with van der Waals surface area (Å²) in [7, 11) is 0. The van der Waals surface area contributed by atoms with Gasteiger partial charge in [-0.25, -0.2) is 4.98 Å². The monoisotopic (exact) mass is 198 g/mol. The van der Waals surface area contributed by atoms with E-state index in [-0.39, 0.29) is 5.56 Å². The van der Waals surface area contributed by atoms with Crippen LogP contribution in [0.4, 0.5) is 0 Å². The summed E-state index contributed by atoms with van der Waals surface area (Å²) >= 11 is 4.10. The number of hydrogen-bond donors (Lipinski definition) is 1. The van der Waals surface area contributed by atoms with Crippen molar-refractivity contribution in [3.05, 3.63) is 27.9 Å². The van der Waals surface area contributed by atoms with Crippen LogP contribution in [0, 0.1) is 13.8 Å². The van der Waals surface area contributed by atoms with Gasteiger partial charge in [0.25, 0.3) is 5.56 Å². The van der Waals surface area contributed by atoms with E-state index in [0.29, 0.717) is 6.54 Å². The molecule has 0 unspecified atom stereocenters. The van der Waals surface area contributed by atoms with Crippen LogP contribution in [-0.2, 0) is 6.54 Å². The zero-order chi connectivity index (χ0) is 9.84. The fourth-order valence-corrected chi connectivity index (χ4v) is 1.41. The summed E-state index contributed by atoms with van der Waals surface area (Å²) in [6.07, 6.45) is 0.897. The van der Waals surface area contributed by atoms with Gasteiger partial charge < -0.3 is 0 Å². The summed E-state index contributed by atoms with van der Waals surface area (Å²) in [4.78, 5) is 15.7. The fraction of sp³-hybridized carbons (Fsp3) is 0.556. The molecule has 0 aliphatic rings. The van der Waals surface area contributed by atoms with Crippen LogP contribution < -0.4 is 5.56 Å². The van der Waals surface area contributed by atoms with Gasteiger partial charge in [0.1, 0.15) is 5.82 Å². The Bertz CT molecular complexity index is 346. The van der Waals surface area contributed by atoms with Crippen LogP contribution in [0.25, 0.3) is 0 Å². The van der Waals surface area contributed by atoms with E-state index in [1.165, 1.54) is 0 Å². The smallest absolute Gasteiger partial charge is 0.253 e. The van der Waals surface area contributed by atoms with Gasteiger partial charge in [0, 0.05) is 18.3 Å². The van der Waals surface area contributed by atoms with E-state index in [4.69, 9.17) is 0 Å². The Balaban J connectivity index is 2.99. The van der Waals surface area contributed by atoms with E-state index < -0.39 is 0 Å². The molecule has 0 N–H and O–H groups in total. The maximum Gasteiger partial charge on any atom is 0.253 e. The highest BCUT2D eigenvalue weighted by molar-refractivity contribution is 7.80. The van der Waals surface area contributed by atoms with Crippen molar-refractivity contribution in [3.8, 4) is 0 Å². The lowest BCUT2D eigenvalue weighted by molar-refractivity contribution is 0.618. The molecule has 0 aromatic carbocycles. The number of rotatable bonds is 3. The van der Waals surface area contributed by atoms with Crippen molar-refractivity contribution in [3.63, 3.8) is 0 Å². The minimum absolute atomic E-state index is 0.0341. The minimum atomic E-state index is 0.0341. The van der Waals surface area contributed by atoms with E-state index >= 15 is 0 Å². The van der Waals surface area contributed by atoms with Crippen molar-refractivity contribution in [1.29, 1.82) is 0 Å². The number of thiol groups is 1. The predicted molar refractivity (Wildman–Crippen MR) is 56.4 cm³/mol. The third-order valence-corrected chi connectivity index (χ3v) is 2.18. The summed E-state index contributed by atoms with van der Waals surface area (Å²) in [5.41, 5.74) is 0.816. The molecule has 0 atom stereocenters. The van der Waals surface area contributed by atoms with Gasteiger partial charge in [0.15, 0.2) is 0 Å². The van der Waals surface area contributed by atoms with Gasteiger partial charge in [-0.1, -0.05) is 0 Å². The van der Waals surface area contributed by atoms with E-state index in [2.05, 4.69) is 17.6 Å². The molecule has 1 heterocycles. The number of aromatic nitrogens is 2. The molecule has 13 heavy (non-hydrogen) atoms. The Labute approximate surface area is 83.2 Å². The first-order chi connectivity index (χ1) is 6.15. The SMILES string of the molecule is Cc1cc(=O)n(CCCS)c(C)n1. The Morgan fingerprint density at radius 3 is 2.77 bits per heavy atom. The Morgan fingerprint density at radius 2 is 2.23 bits per heavy atom. The highest BCUT2D eigenvalue weighted by Gasteiger charge is 2.01. The zero-order valence-electron chi connectivity index (χ0n) is 7.95. The number of hydrogen-bond acceptors (Lipinski definition) is 3. The molecule has 0 saturated carbocycles. The van der Waals surface area contributed by atoms with Crippen LogP contribution in [0.5, 0.6) is 0 Å². The highest BCUT2D eigenvalue weighted by Crippen LogP contribution is 1.95. The van der Waals surface area contributed by atoms with Gasteiger partial charge in [-0.3, -0.25) is 9.36 Å². The Kier molecular flexibility index (Phi) is 3.54. The second-order valence-electron chi connectivity index (χ2n) is 3.01. The minimum Gasteiger partial charge on any atom is -0.297 e. The molecule has 1 rings (SSSR count). The molecule has 0 aliphatic heterocycles. The maximum absolute atomic E-state index is 11.5. The number of nitrogens with zero attached hydrogens (tertiary/aromatic N) is 2. The molecule has 1 aromatic heterocycles. The summed E-state index contributed by atoms with van der Waals surface area (Å²) in [6.45, 7) is 4.39. The average Bonchev–Trinajstić information content (AvgIpc) is 2.02. The van der Waals surface area contributed by atoms with Gasteiger partial charge >= 0.3 is 0 Å². The molecule has 0 spiro atoms. The van der Waals surface area contributed by atoms with Gasteiger partial charge in [-0.2, -0.15) is 12.6 Å². The third-order valence-electron chi connectivity index (χ3n) is 1.87. The van der Waals surface area contributed by atoms with Gasteiger partial charge in [0.2, 0.25) is 0 Å². The van der Waals surface area contributed by atoms with Crippen molar-refractivity contribution in [2.75, 3.05) is 5.75 Å². The van der Waals surface area contributed by atoms with Crippen LogP contribution >= 0.6 is 12.6 Å². The van der Waals surface area contributed by atoms with Gasteiger partial charge in [-0.05, 0) is 26.0 Å². The van der Waals surface area contributed by atoms with Gasteiger partial charge in [-0.15, -0.1) is 0 Å². The molecule has 0 fully saturated rings. The topological polar surface area (TPSA) is 34.9 Å². The largest absolute Gasteiger partial charge is 0.297 e. The van der Waals surface area contributed by atoms with Crippen molar-refractivity contribution < 1.29 is 0 Å². The van der Waals surface area contributed by atoms with Crippen LogP contribution in [0.15, 0.2) is 10.9 Å². The Hall–Kier alpha value is -0.770. The lowest BCUT2D eigenvalue weighted by Crippen LogP contribution is -2.23. The fourth-order valence-electron chi connectivity index (χ4n) is 1.26. The molecular weight excluding hydrogens is 184 g/mol. The molecule has 3 nitrogen and oxygen atoms in total. The molecule has 0 radical (unpaired) electrons. The van der Waals surface area contributed by atoms with Crippen LogP contribution in [0.2, 0.25) is 0 Å². The molecule has 0 bridgehead atoms. The normalized spacial score (nSPS) is 10.4.